The Kier molecular flexibility index (Phi) is 2.89. The maximum absolute atomic E-state index is 14.0. The van der Waals surface area contributed by atoms with Crippen LogP contribution in [0.2, 0.25) is 0 Å². The van der Waals surface area contributed by atoms with Gasteiger partial charge in [0.1, 0.15) is 10.2 Å². The van der Waals surface area contributed by atoms with Crippen molar-refractivity contribution in [3.05, 3.63) is 39.0 Å². The summed E-state index contributed by atoms with van der Waals surface area (Å²) in [6.45, 7) is 6.40. The Hall–Kier alpha value is -0.970. The second-order valence-electron chi connectivity index (χ2n) is 3.18. The van der Waals surface area contributed by atoms with Crippen molar-refractivity contribution in [2.24, 2.45) is 0 Å². The number of alkyl halides is 1. The summed E-state index contributed by atoms with van der Waals surface area (Å²) in [6, 6.07) is 0. The quantitative estimate of drug-likeness (QED) is 0.830. The fraction of sp³-hybridized carbons (Fsp3) is 0.333. The molecule has 0 aliphatic rings. The number of hydrogen-bond donors (Lipinski definition) is 1. The number of aromatic nitrogens is 2. The molecule has 0 bridgehead atoms. The van der Waals surface area contributed by atoms with E-state index in [-0.39, 0.29) is 10.2 Å². The normalized spacial score (nSPS) is 14.9. The molecule has 76 valence electrons. The third kappa shape index (κ3) is 1.77. The van der Waals surface area contributed by atoms with Crippen LogP contribution >= 0.6 is 15.9 Å². The number of aromatic amines is 1. The maximum Gasteiger partial charge on any atom is 0.265 e. The lowest BCUT2D eigenvalue weighted by molar-refractivity contribution is 0.236. The van der Waals surface area contributed by atoms with Crippen LogP contribution in [0.3, 0.4) is 0 Å². The first-order valence-electron chi connectivity index (χ1n) is 3.96. The van der Waals surface area contributed by atoms with Gasteiger partial charge < -0.3 is 4.98 Å². The molecule has 1 unspecified atom stereocenters. The molecule has 0 aromatic carbocycles. The molecule has 1 atom stereocenters. The first-order chi connectivity index (χ1) is 6.37. The van der Waals surface area contributed by atoms with E-state index in [1.54, 1.807) is 6.92 Å². The summed E-state index contributed by atoms with van der Waals surface area (Å²) in [4.78, 5) is 17.3. The minimum Gasteiger partial charge on any atom is -0.312 e. The topological polar surface area (TPSA) is 45.8 Å². The summed E-state index contributed by atoms with van der Waals surface area (Å²) in [5, 5.41) is 0. The minimum atomic E-state index is -1.80. The van der Waals surface area contributed by atoms with E-state index in [9.17, 15) is 9.18 Å². The molecule has 0 aliphatic heterocycles. The van der Waals surface area contributed by atoms with Crippen LogP contribution in [0.4, 0.5) is 4.39 Å². The van der Waals surface area contributed by atoms with Gasteiger partial charge >= 0.3 is 0 Å². The third-order valence-corrected chi connectivity index (χ3v) is 2.78. The van der Waals surface area contributed by atoms with Gasteiger partial charge in [-0.15, -0.1) is 0 Å². The Labute approximate surface area is 89.2 Å². The number of nitrogens with zero attached hydrogens (tertiary/aromatic N) is 1. The van der Waals surface area contributed by atoms with Crippen LogP contribution in [0, 0.1) is 0 Å². The zero-order valence-electron chi connectivity index (χ0n) is 7.90. The molecule has 5 heteroatoms. The molecule has 1 N–H and O–H groups in total. The van der Waals surface area contributed by atoms with Gasteiger partial charge in [0, 0.05) is 0 Å². The Balaban J connectivity index is 3.40. The smallest absolute Gasteiger partial charge is 0.265 e. The summed E-state index contributed by atoms with van der Waals surface area (Å²) in [6.07, 6.45) is 1.17. The molecular formula is C9H10BrFN2O. The molecule has 1 rings (SSSR count). The van der Waals surface area contributed by atoms with Gasteiger partial charge in [-0.2, -0.15) is 0 Å². The Morgan fingerprint density at radius 3 is 2.86 bits per heavy atom. The Bertz CT molecular complexity index is 425. The van der Waals surface area contributed by atoms with E-state index in [0.29, 0.717) is 5.57 Å². The van der Waals surface area contributed by atoms with E-state index in [1.165, 1.54) is 13.3 Å². The van der Waals surface area contributed by atoms with Crippen molar-refractivity contribution in [1.82, 2.24) is 9.97 Å². The number of hydrogen-bond acceptors (Lipinski definition) is 2. The van der Waals surface area contributed by atoms with Crippen LogP contribution in [0.15, 0.2) is 27.7 Å². The van der Waals surface area contributed by atoms with Crippen molar-refractivity contribution in [2.45, 2.75) is 19.5 Å². The van der Waals surface area contributed by atoms with Crippen LogP contribution in [-0.4, -0.2) is 9.97 Å². The highest BCUT2D eigenvalue weighted by Crippen LogP contribution is 2.33. The molecule has 0 amide bonds. The van der Waals surface area contributed by atoms with Crippen molar-refractivity contribution in [3.8, 4) is 0 Å². The van der Waals surface area contributed by atoms with Gasteiger partial charge in [0.25, 0.3) is 5.56 Å². The van der Waals surface area contributed by atoms with Gasteiger partial charge in [-0.3, -0.25) is 4.79 Å². The highest BCUT2D eigenvalue weighted by Gasteiger charge is 2.31. The van der Waals surface area contributed by atoms with E-state index < -0.39 is 11.2 Å². The van der Waals surface area contributed by atoms with Gasteiger partial charge in [0.15, 0.2) is 5.67 Å². The molecule has 0 spiro atoms. The van der Waals surface area contributed by atoms with Gasteiger partial charge in [0.05, 0.1) is 6.33 Å². The van der Waals surface area contributed by atoms with Gasteiger partial charge in [-0.1, -0.05) is 6.58 Å². The highest BCUT2D eigenvalue weighted by atomic mass is 79.9. The highest BCUT2D eigenvalue weighted by molar-refractivity contribution is 9.10. The maximum atomic E-state index is 14.0. The minimum absolute atomic E-state index is 0.0498. The lowest BCUT2D eigenvalue weighted by atomic mass is 9.97. The molecule has 3 nitrogen and oxygen atoms in total. The monoisotopic (exact) mass is 260 g/mol. The summed E-state index contributed by atoms with van der Waals surface area (Å²) in [5.74, 6) is 0. The van der Waals surface area contributed by atoms with E-state index in [0.717, 1.165) is 0 Å². The third-order valence-electron chi connectivity index (χ3n) is 2.04. The van der Waals surface area contributed by atoms with Crippen LogP contribution < -0.4 is 5.56 Å². The SMILES string of the molecule is C=C(C)C(C)(F)c1nc[nH]c(=O)c1Br. The molecule has 0 fully saturated rings. The molecule has 0 saturated carbocycles. The van der Waals surface area contributed by atoms with Crippen molar-refractivity contribution in [1.29, 1.82) is 0 Å². The molecule has 1 aromatic heterocycles. The van der Waals surface area contributed by atoms with Crippen LogP contribution in [-0.2, 0) is 5.67 Å². The lowest BCUT2D eigenvalue weighted by Crippen LogP contribution is -2.23. The lowest BCUT2D eigenvalue weighted by Gasteiger charge is -2.20. The molecule has 1 heterocycles. The fourth-order valence-electron chi connectivity index (χ4n) is 0.912. The van der Waals surface area contributed by atoms with Crippen molar-refractivity contribution < 1.29 is 4.39 Å². The molecule has 14 heavy (non-hydrogen) atoms. The first-order valence-corrected chi connectivity index (χ1v) is 4.75. The molecule has 0 aliphatic carbocycles. The van der Waals surface area contributed by atoms with Crippen molar-refractivity contribution in [3.63, 3.8) is 0 Å². The zero-order chi connectivity index (χ0) is 10.9. The molecular weight excluding hydrogens is 251 g/mol. The number of allylic oxidation sites excluding steroid dienone is 1. The summed E-state index contributed by atoms with van der Waals surface area (Å²) in [7, 11) is 0. The molecule has 0 radical (unpaired) electrons. The average Bonchev–Trinajstić information content (AvgIpc) is 2.09. The zero-order valence-corrected chi connectivity index (χ0v) is 9.48. The van der Waals surface area contributed by atoms with Crippen molar-refractivity contribution >= 4 is 15.9 Å². The van der Waals surface area contributed by atoms with Crippen LogP contribution in [0.1, 0.15) is 19.5 Å². The van der Waals surface area contributed by atoms with E-state index >= 15 is 0 Å². The Morgan fingerprint density at radius 2 is 2.36 bits per heavy atom. The predicted molar refractivity (Wildman–Crippen MR) is 55.8 cm³/mol. The van der Waals surface area contributed by atoms with E-state index in [4.69, 9.17) is 0 Å². The summed E-state index contributed by atoms with van der Waals surface area (Å²) >= 11 is 3.00. The Morgan fingerprint density at radius 1 is 1.79 bits per heavy atom. The second-order valence-corrected chi connectivity index (χ2v) is 3.97. The number of rotatable bonds is 2. The van der Waals surface area contributed by atoms with Gasteiger partial charge in [-0.25, -0.2) is 9.37 Å². The first kappa shape index (κ1) is 11.1. The van der Waals surface area contributed by atoms with Crippen molar-refractivity contribution in [2.75, 3.05) is 0 Å². The van der Waals surface area contributed by atoms with Gasteiger partial charge in [0.2, 0.25) is 0 Å². The summed E-state index contributed by atoms with van der Waals surface area (Å²) in [5.41, 5.74) is -1.85. The van der Waals surface area contributed by atoms with E-state index in [2.05, 4.69) is 32.5 Å². The molecule has 1 aromatic rings. The second kappa shape index (κ2) is 3.65. The fourth-order valence-corrected chi connectivity index (χ4v) is 1.50. The number of H-pyrrole nitrogens is 1. The standard InChI is InChI=1S/C9H10BrFN2O/c1-5(2)9(3,11)7-6(10)8(14)13-4-12-7/h4H,1H2,2-3H3,(H,12,13,14). The predicted octanol–water partition coefficient (Wildman–Crippen LogP) is 2.29. The van der Waals surface area contributed by atoms with Crippen LogP contribution in [0.25, 0.3) is 0 Å². The molecule has 0 saturated heterocycles. The number of nitrogens with one attached hydrogen (secondary N) is 1. The average molecular weight is 261 g/mol. The van der Waals surface area contributed by atoms with E-state index in [1.807, 2.05) is 0 Å². The number of halogens is 2. The van der Waals surface area contributed by atoms with Crippen LogP contribution in [0.5, 0.6) is 0 Å². The summed E-state index contributed by atoms with van der Waals surface area (Å²) < 4.78 is 14.1. The largest absolute Gasteiger partial charge is 0.312 e. The van der Waals surface area contributed by atoms with Gasteiger partial charge in [-0.05, 0) is 35.4 Å².